The van der Waals surface area contributed by atoms with Gasteiger partial charge in [0.05, 0.1) is 24.3 Å². The van der Waals surface area contributed by atoms with E-state index in [9.17, 15) is 9.59 Å². The minimum Gasteiger partial charge on any atom is -0.378 e. The molecule has 2 aromatic heterocycles. The molecule has 1 aromatic carbocycles. The Morgan fingerprint density at radius 1 is 0.971 bits per heavy atom. The predicted octanol–water partition coefficient (Wildman–Crippen LogP) is 2.78. The van der Waals surface area contributed by atoms with E-state index in [0.717, 1.165) is 24.5 Å². The lowest BCUT2D eigenvalue weighted by molar-refractivity contribution is 0.0374. The molecular formula is C25H22ClN5O3. The van der Waals surface area contributed by atoms with E-state index in [2.05, 4.69) is 14.9 Å². The lowest BCUT2D eigenvalue weighted by Gasteiger charge is -2.40. The van der Waals surface area contributed by atoms with Crippen LogP contribution in [0.3, 0.4) is 0 Å². The number of hydrogen-bond donors (Lipinski definition) is 0. The maximum atomic E-state index is 13.9. The number of nitrogens with zero attached hydrogens (tertiary/aromatic N) is 5. The first-order valence-corrected chi connectivity index (χ1v) is 11.6. The zero-order valence-electron chi connectivity index (χ0n) is 18.4. The van der Waals surface area contributed by atoms with Crippen molar-refractivity contribution in [1.29, 1.82) is 0 Å². The summed E-state index contributed by atoms with van der Waals surface area (Å²) in [6.07, 6.45) is 4.91. The van der Waals surface area contributed by atoms with E-state index >= 15 is 0 Å². The molecule has 0 spiro atoms. The Bertz CT molecular complexity index is 1260. The topological polar surface area (TPSA) is 78.9 Å². The molecule has 172 valence electrons. The first kappa shape index (κ1) is 21.1. The van der Waals surface area contributed by atoms with Crippen molar-refractivity contribution >= 4 is 29.2 Å². The maximum absolute atomic E-state index is 13.9. The molecule has 0 bridgehead atoms. The third-order valence-electron chi connectivity index (χ3n) is 6.82. The number of carbonyl (C=O) groups is 2. The summed E-state index contributed by atoms with van der Waals surface area (Å²) in [7, 11) is 0. The van der Waals surface area contributed by atoms with Gasteiger partial charge >= 0.3 is 0 Å². The number of anilines is 1. The van der Waals surface area contributed by atoms with Gasteiger partial charge in [0.1, 0.15) is 5.82 Å². The van der Waals surface area contributed by atoms with Gasteiger partial charge in [-0.05, 0) is 30.3 Å². The van der Waals surface area contributed by atoms with E-state index in [0.29, 0.717) is 48.0 Å². The molecule has 2 fully saturated rings. The van der Waals surface area contributed by atoms with Crippen LogP contribution in [0, 0.1) is 0 Å². The van der Waals surface area contributed by atoms with Crippen molar-refractivity contribution in [2.45, 2.75) is 5.66 Å². The molecule has 0 aliphatic carbocycles. The molecule has 1 unspecified atom stereocenters. The molecule has 2 saturated heterocycles. The third kappa shape index (κ3) is 3.02. The number of aromatic nitrogens is 2. The fraction of sp³-hybridized carbons (Fsp3) is 0.280. The molecule has 6 rings (SSSR count). The number of pyridine rings is 2. The summed E-state index contributed by atoms with van der Waals surface area (Å²) in [4.78, 5) is 41.8. The van der Waals surface area contributed by atoms with Crippen LogP contribution < -0.4 is 4.90 Å². The summed E-state index contributed by atoms with van der Waals surface area (Å²) in [5.41, 5.74) is 1.44. The molecule has 9 heteroatoms. The van der Waals surface area contributed by atoms with Crippen molar-refractivity contribution in [3.63, 3.8) is 0 Å². The number of fused-ring (bicyclic) bond motifs is 3. The number of ether oxygens (including phenoxy) is 1. The molecule has 3 aliphatic rings. The van der Waals surface area contributed by atoms with Gasteiger partial charge in [-0.3, -0.25) is 14.6 Å². The Hall–Kier alpha value is -3.49. The number of rotatable bonds is 3. The van der Waals surface area contributed by atoms with Gasteiger partial charge in [-0.2, -0.15) is 0 Å². The Morgan fingerprint density at radius 3 is 2.50 bits per heavy atom. The normalized spacial score (nSPS) is 21.6. The number of benzene rings is 1. The van der Waals surface area contributed by atoms with Crippen LogP contribution in [0.25, 0.3) is 0 Å². The summed E-state index contributed by atoms with van der Waals surface area (Å²) in [6, 6.07) is 12.7. The molecule has 2 amide bonds. The number of hydrogen-bond acceptors (Lipinski definition) is 6. The molecule has 5 heterocycles. The zero-order valence-corrected chi connectivity index (χ0v) is 19.1. The van der Waals surface area contributed by atoms with Crippen LogP contribution in [-0.4, -0.2) is 71.0 Å². The highest BCUT2D eigenvalue weighted by atomic mass is 35.5. The van der Waals surface area contributed by atoms with Crippen LogP contribution in [-0.2, 0) is 10.4 Å². The lowest BCUT2D eigenvalue weighted by Crippen LogP contribution is -2.51. The summed E-state index contributed by atoms with van der Waals surface area (Å²) < 4.78 is 5.41. The number of carbonyl (C=O) groups excluding carboxylic acids is 2. The molecule has 0 radical (unpaired) electrons. The van der Waals surface area contributed by atoms with Gasteiger partial charge in [-0.25, -0.2) is 4.98 Å². The average molecular weight is 476 g/mol. The van der Waals surface area contributed by atoms with Crippen molar-refractivity contribution in [2.24, 2.45) is 0 Å². The lowest BCUT2D eigenvalue weighted by atomic mass is 9.90. The predicted molar refractivity (Wildman–Crippen MR) is 126 cm³/mol. The quantitative estimate of drug-likeness (QED) is 0.579. The van der Waals surface area contributed by atoms with Crippen LogP contribution in [0.4, 0.5) is 5.82 Å². The first-order valence-electron chi connectivity index (χ1n) is 11.2. The van der Waals surface area contributed by atoms with Gasteiger partial charge in [-0.1, -0.05) is 23.7 Å². The second kappa shape index (κ2) is 8.07. The molecule has 34 heavy (non-hydrogen) atoms. The largest absolute Gasteiger partial charge is 0.378 e. The maximum Gasteiger partial charge on any atom is 0.257 e. The van der Waals surface area contributed by atoms with E-state index in [1.165, 1.54) is 0 Å². The Kier molecular flexibility index (Phi) is 5.00. The van der Waals surface area contributed by atoms with E-state index in [1.807, 2.05) is 18.2 Å². The summed E-state index contributed by atoms with van der Waals surface area (Å²) >= 11 is 6.17. The molecular weight excluding hydrogens is 454 g/mol. The summed E-state index contributed by atoms with van der Waals surface area (Å²) in [6.45, 7) is 3.68. The van der Waals surface area contributed by atoms with Crippen LogP contribution >= 0.6 is 11.6 Å². The van der Waals surface area contributed by atoms with Crippen molar-refractivity contribution < 1.29 is 14.3 Å². The monoisotopic (exact) mass is 475 g/mol. The summed E-state index contributed by atoms with van der Waals surface area (Å²) in [5, 5.41) is 0.584. The van der Waals surface area contributed by atoms with Crippen LogP contribution in [0.2, 0.25) is 5.02 Å². The number of amides is 2. The van der Waals surface area contributed by atoms with E-state index in [-0.39, 0.29) is 11.8 Å². The molecule has 8 nitrogen and oxygen atoms in total. The second-order valence-corrected chi connectivity index (χ2v) is 8.95. The van der Waals surface area contributed by atoms with Gasteiger partial charge in [0, 0.05) is 60.9 Å². The fourth-order valence-corrected chi connectivity index (χ4v) is 5.38. The van der Waals surface area contributed by atoms with Crippen LogP contribution in [0.1, 0.15) is 31.8 Å². The first-order chi connectivity index (χ1) is 16.6. The van der Waals surface area contributed by atoms with Gasteiger partial charge < -0.3 is 19.4 Å². The van der Waals surface area contributed by atoms with Crippen LogP contribution in [0.15, 0.2) is 61.1 Å². The number of morpholine rings is 1. The van der Waals surface area contributed by atoms with Gasteiger partial charge in [0.15, 0.2) is 5.66 Å². The molecule has 0 N–H and O–H groups in total. The average Bonchev–Trinajstić information content (AvgIpc) is 3.40. The van der Waals surface area contributed by atoms with E-state index < -0.39 is 5.66 Å². The van der Waals surface area contributed by atoms with E-state index in [1.54, 1.807) is 52.7 Å². The SMILES string of the molecule is O=C(c1ccc(N2CCOCC2)nc1)N1CCN2C(=O)c3ccncc3C12c1ccc(Cl)cc1. The highest BCUT2D eigenvalue weighted by Crippen LogP contribution is 2.49. The van der Waals surface area contributed by atoms with Crippen molar-refractivity contribution in [1.82, 2.24) is 19.8 Å². The number of halogens is 1. The standard InChI is InChI=1S/C25H22ClN5O3/c26-19-4-2-18(3-5-19)25-21-16-27-8-7-20(21)24(33)31(25)10-9-30(25)23(32)17-1-6-22(28-15-17)29-11-13-34-14-12-29/h1-8,15-16H,9-14H2. The van der Waals surface area contributed by atoms with Gasteiger partial charge in [0.25, 0.3) is 11.8 Å². The highest BCUT2D eigenvalue weighted by molar-refractivity contribution is 6.30. The molecule has 0 saturated carbocycles. The smallest absolute Gasteiger partial charge is 0.257 e. The Balaban J connectivity index is 1.43. The molecule has 3 aliphatic heterocycles. The second-order valence-electron chi connectivity index (χ2n) is 8.52. The summed E-state index contributed by atoms with van der Waals surface area (Å²) in [5.74, 6) is 0.521. The van der Waals surface area contributed by atoms with Crippen LogP contribution in [0.5, 0.6) is 0 Å². The van der Waals surface area contributed by atoms with Crippen molar-refractivity contribution in [2.75, 3.05) is 44.3 Å². The molecule has 3 aromatic rings. The van der Waals surface area contributed by atoms with Gasteiger partial charge in [-0.15, -0.1) is 0 Å². The zero-order chi connectivity index (χ0) is 23.3. The van der Waals surface area contributed by atoms with Gasteiger partial charge in [0.2, 0.25) is 0 Å². The minimum absolute atomic E-state index is 0.108. The van der Waals surface area contributed by atoms with Crippen molar-refractivity contribution in [3.05, 3.63) is 88.3 Å². The fourth-order valence-electron chi connectivity index (χ4n) is 5.26. The molecule has 1 atom stereocenters. The Morgan fingerprint density at radius 2 is 1.76 bits per heavy atom. The highest BCUT2D eigenvalue weighted by Gasteiger charge is 2.59. The van der Waals surface area contributed by atoms with E-state index in [4.69, 9.17) is 16.3 Å². The Labute approximate surface area is 201 Å². The minimum atomic E-state index is -1.08. The third-order valence-corrected chi connectivity index (χ3v) is 7.07. The van der Waals surface area contributed by atoms with Crippen molar-refractivity contribution in [3.8, 4) is 0 Å².